The van der Waals surface area contributed by atoms with Crippen LogP contribution in [-0.2, 0) is 17.9 Å². The Balaban J connectivity index is 1.39. The van der Waals surface area contributed by atoms with E-state index in [-0.39, 0.29) is 5.82 Å². The number of aromatic nitrogens is 6. The van der Waals surface area contributed by atoms with Crippen molar-refractivity contribution < 1.29 is 8.94 Å². The lowest BCUT2D eigenvalue weighted by Crippen LogP contribution is -2.38. The van der Waals surface area contributed by atoms with Gasteiger partial charge in [0.05, 0.1) is 23.6 Å². The lowest BCUT2D eigenvalue weighted by molar-refractivity contribution is 0.571. The zero-order valence-electron chi connectivity index (χ0n) is 22.5. The first-order valence-corrected chi connectivity index (χ1v) is 15.4. The van der Waals surface area contributed by atoms with E-state index in [1.807, 2.05) is 35.6 Å². The van der Waals surface area contributed by atoms with Crippen molar-refractivity contribution in [1.82, 2.24) is 29.7 Å². The first-order chi connectivity index (χ1) is 20.0. The van der Waals surface area contributed by atoms with Crippen molar-refractivity contribution in [1.29, 1.82) is 5.26 Å². The summed E-state index contributed by atoms with van der Waals surface area (Å²) in [6.45, 7) is 5.84. The highest BCUT2D eigenvalue weighted by molar-refractivity contribution is 7.92. The van der Waals surface area contributed by atoms with Gasteiger partial charge >= 0.3 is 0 Å². The van der Waals surface area contributed by atoms with Crippen LogP contribution in [0.25, 0.3) is 33.5 Å². The summed E-state index contributed by atoms with van der Waals surface area (Å²) < 4.78 is 29.6. The molecular formula is C28H26FN9OS2. The van der Waals surface area contributed by atoms with Crippen molar-refractivity contribution in [2.75, 3.05) is 28.0 Å². The zero-order valence-corrected chi connectivity index (χ0v) is 24.1. The first kappa shape index (κ1) is 27.1. The Morgan fingerprint density at radius 2 is 1.85 bits per heavy atom. The summed E-state index contributed by atoms with van der Waals surface area (Å²) in [5, 5.41) is 15.2. The quantitative estimate of drug-likeness (QED) is 0.228. The molecule has 0 N–H and O–H groups in total. The average Bonchev–Trinajstić information content (AvgIpc) is 3.60. The van der Waals surface area contributed by atoms with Gasteiger partial charge in [-0.15, -0.1) is 0 Å². The Bertz CT molecular complexity index is 1730. The Kier molecular flexibility index (Phi) is 7.53. The Morgan fingerprint density at radius 3 is 2.54 bits per heavy atom. The third-order valence-corrected chi connectivity index (χ3v) is 9.29. The van der Waals surface area contributed by atoms with E-state index in [9.17, 15) is 14.2 Å². The maximum Gasteiger partial charge on any atom is 0.267 e. The van der Waals surface area contributed by atoms with Crippen LogP contribution in [0.4, 0.5) is 21.3 Å². The van der Waals surface area contributed by atoms with E-state index in [1.165, 1.54) is 23.5 Å². The van der Waals surface area contributed by atoms with Crippen molar-refractivity contribution in [3.05, 3.63) is 59.5 Å². The number of thiazole rings is 1. The van der Waals surface area contributed by atoms with Gasteiger partial charge in [0.15, 0.2) is 10.9 Å². The predicted molar refractivity (Wildman–Crippen MR) is 159 cm³/mol. The molecule has 0 radical (unpaired) electrons. The van der Waals surface area contributed by atoms with Crippen LogP contribution in [-0.4, -0.2) is 53.1 Å². The molecule has 1 unspecified atom stereocenters. The lowest BCUT2D eigenvalue weighted by atomic mass is 10.1. The molecule has 1 saturated heterocycles. The largest absolute Gasteiger partial charge is 0.593 e. The first-order valence-electron chi connectivity index (χ1n) is 13.3. The monoisotopic (exact) mass is 587 g/mol. The molecule has 1 aliphatic rings. The van der Waals surface area contributed by atoms with Gasteiger partial charge in [0.25, 0.3) is 5.95 Å². The molecule has 13 heteroatoms. The molecule has 0 aliphatic carbocycles. The van der Waals surface area contributed by atoms with Crippen molar-refractivity contribution in [2.24, 2.45) is 0 Å². The van der Waals surface area contributed by atoms with Crippen LogP contribution in [0.15, 0.2) is 48.8 Å². The van der Waals surface area contributed by atoms with Crippen LogP contribution in [0.1, 0.15) is 31.6 Å². The number of hydrogen-bond donors (Lipinski definition) is 0. The van der Waals surface area contributed by atoms with Gasteiger partial charge in [0.1, 0.15) is 39.2 Å². The number of halogens is 1. The second-order valence-electron chi connectivity index (χ2n) is 9.35. The van der Waals surface area contributed by atoms with Gasteiger partial charge in [-0.05, 0) is 63.1 Å². The van der Waals surface area contributed by atoms with E-state index in [0.29, 0.717) is 63.8 Å². The molecule has 1 aliphatic heterocycles. The predicted octanol–water partition coefficient (Wildman–Crippen LogP) is 5.46. The van der Waals surface area contributed by atoms with Crippen molar-refractivity contribution in [2.45, 2.75) is 33.2 Å². The van der Waals surface area contributed by atoms with Crippen LogP contribution >= 0.6 is 11.3 Å². The number of aryl methyl sites for hydroxylation is 1. The molecule has 1 atom stereocenters. The molecule has 0 saturated carbocycles. The van der Waals surface area contributed by atoms with Gasteiger partial charge in [-0.3, -0.25) is 0 Å². The summed E-state index contributed by atoms with van der Waals surface area (Å²) in [5.41, 5.74) is 4.01. The Hall–Kier alpha value is -4.12. The molecule has 1 fully saturated rings. The van der Waals surface area contributed by atoms with E-state index in [2.05, 4.69) is 16.0 Å². The molecule has 6 rings (SSSR count). The summed E-state index contributed by atoms with van der Waals surface area (Å²) in [7, 11) is 0. The van der Waals surface area contributed by atoms with E-state index in [0.717, 1.165) is 29.7 Å². The fourth-order valence-electron chi connectivity index (χ4n) is 4.79. The normalized spacial score (nSPS) is 15.3. The summed E-state index contributed by atoms with van der Waals surface area (Å²) in [6, 6.07) is 12.0. The van der Waals surface area contributed by atoms with E-state index < -0.39 is 11.4 Å². The molecule has 41 heavy (non-hydrogen) atoms. The Labute approximate surface area is 243 Å². The summed E-state index contributed by atoms with van der Waals surface area (Å²) in [4.78, 5) is 21.2. The summed E-state index contributed by atoms with van der Waals surface area (Å²) in [5.74, 6) is 1.50. The second-order valence-corrected chi connectivity index (χ2v) is 11.8. The van der Waals surface area contributed by atoms with Crippen LogP contribution in [0.5, 0.6) is 0 Å². The van der Waals surface area contributed by atoms with Crippen molar-refractivity contribution in [3.63, 3.8) is 0 Å². The minimum atomic E-state index is -1.10. The van der Waals surface area contributed by atoms with E-state index in [1.54, 1.807) is 28.8 Å². The number of pyridine rings is 1. The molecule has 1 aromatic carbocycles. The summed E-state index contributed by atoms with van der Waals surface area (Å²) >= 11 is 0.170. The number of nitriles is 1. The van der Waals surface area contributed by atoms with Gasteiger partial charge in [-0.2, -0.15) is 14.7 Å². The number of benzene rings is 1. The molecule has 5 heterocycles. The fraction of sp³-hybridized carbons (Fsp3) is 0.286. The molecule has 0 amide bonds. The van der Waals surface area contributed by atoms with E-state index in [4.69, 9.17) is 15.1 Å². The van der Waals surface area contributed by atoms with Crippen LogP contribution in [0.2, 0.25) is 0 Å². The lowest BCUT2D eigenvalue weighted by Gasteiger charge is -2.27. The molecule has 0 spiro atoms. The maximum atomic E-state index is 13.5. The van der Waals surface area contributed by atoms with Gasteiger partial charge in [0.2, 0.25) is 0 Å². The smallest absolute Gasteiger partial charge is 0.267 e. The zero-order chi connectivity index (χ0) is 28.5. The van der Waals surface area contributed by atoms with Crippen LogP contribution in [0, 0.1) is 17.1 Å². The van der Waals surface area contributed by atoms with Crippen molar-refractivity contribution in [3.8, 4) is 28.6 Å². The number of fused-ring (bicyclic) bond motifs is 1. The van der Waals surface area contributed by atoms with Gasteiger partial charge in [-0.25, -0.2) is 29.0 Å². The van der Waals surface area contributed by atoms with Crippen molar-refractivity contribution >= 4 is 50.6 Å². The van der Waals surface area contributed by atoms with Gasteiger partial charge in [-0.1, -0.05) is 11.3 Å². The van der Waals surface area contributed by atoms with E-state index >= 15 is 0 Å². The number of rotatable bonds is 7. The van der Waals surface area contributed by atoms with Gasteiger partial charge < -0.3 is 9.45 Å². The van der Waals surface area contributed by atoms with Crippen LogP contribution < -0.4 is 9.21 Å². The maximum absolute atomic E-state index is 13.5. The molecule has 0 bridgehead atoms. The summed E-state index contributed by atoms with van der Waals surface area (Å²) in [6.07, 6.45) is 5.32. The SMILES string of the molecule is CCN(c1nc(-c2ccc(F)cc2)c(C#N)s1)c1c2nc(-c3cnc(N4CCCC[S+]4[O-])nc3)ccc2nn1CC. The minimum absolute atomic E-state index is 0.348. The molecule has 4 aromatic heterocycles. The third-order valence-electron chi connectivity index (χ3n) is 6.83. The number of anilines is 3. The third kappa shape index (κ3) is 5.10. The average molecular weight is 588 g/mol. The molecule has 5 aromatic rings. The van der Waals surface area contributed by atoms with Gasteiger partial charge in [0, 0.05) is 36.6 Å². The topological polar surface area (TPSA) is 123 Å². The highest BCUT2D eigenvalue weighted by Crippen LogP contribution is 2.38. The Morgan fingerprint density at radius 1 is 1.07 bits per heavy atom. The second kappa shape index (κ2) is 11.4. The minimum Gasteiger partial charge on any atom is -0.593 e. The standard InChI is InChI=1S/C28H26FN9OS2/c1-3-36(28-34-24(23(15-30)40-28)18-7-9-20(29)10-8-18)26-25-22(35-37(26)4-2)12-11-21(33-25)19-16-31-27(32-17-19)38-13-5-6-14-41(38)39/h7-12,16-17H,3-6,13-14H2,1-2H3. The number of nitrogens with zero attached hydrogens (tertiary/aromatic N) is 9. The molecule has 10 nitrogen and oxygen atoms in total. The highest BCUT2D eigenvalue weighted by Gasteiger charge is 2.27. The highest BCUT2D eigenvalue weighted by atomic mass is 32.2. The number of hydrogen-bond acceptors (Lipinski definition) is 10. The molecule has 208 valence electrons. The molecular weight excluding hydrogens is 562 g/mol. The fourth-order valence-corrected chi connectivity index (χ4v) is 7.02. The van der Waals surface area contributed by atoms with Crippen LogP contribution in [0.3, 0.4) is 0 Å².